The van der Waals surface area contributed by atoms with Crippen molar-refractivity contribution in [2.24, 2.45) is 0 Å². The molecular weight excluding hydrogens is 393 g/mol. The lowest BCUT2D eigenvalue weighted by atomic mass is 9.93. The topological polar surface area (TPSA) is 30.9 Å². The summed E-state index contributed by atoms with van der Waals surface area (Å²) in [6.45, 7) is 3.92. The zero-order valence-corrected chi connectivity index (χ0v) is 18.2. The van der Waals surface area contributed by atoms with Gasteiger partial charge in [-0.05, 0) is 60.4 Å². The fourth-order valence-electron chi connectivity index (χ4n) is 4.04. The van der Waals surface area contributed by atoms with Crippen LogP contribution in [0.4, 0.5) is 4.39 Å². The Morgan fingerprint density at radius 2 is 1.71 bits per heavy atom. The molecular formula is C26H28FNO3. The van der Waals surface area contributed by atoms with Crippen LogP contribution in [0.3, 0.4) is 0 Å². The maximum atomic E-state index is 14.4. The lowest BCUT2D eigenvalue weighted by Gasteiger charge is -2.35. The van der Waals surface area contributed by atoms with Crippen molar-refractivity contribution in [3.05, 3.63) is 88.7 Å². The van der Waals surface area contributed by atoms with Gasteiger partial charge in [-0.2, -0.15) is 0 Å². The molecule has 3 aromatic carbocycles. The van der Waals surface area contributed by atoms with Crippen LogP contribution in [0, 0.1) is 5.82 Å². The summed E-state index contributed by atoms with van der Waals surface area (Å²) in [7, 11) is 3.26. The molecule has 1 atom stereocenters. The van der Waals surface area contributed by atoms with E-state index in [2.05, 4.69) is 24.0 Å². The van der Waals surface area contributed by atoms with Gasteiger partial charge >= 0.3 is 0 Å². The molecule has 4 rings (SSSR count). The Balaban J connectivity index is 1.53. The Morgan fingerprint density at radius 3 is 2.45 bits per heavy atom. The highest BCUT2D eigenvalue weighted by atomic mass is 19.1. The number of hydrogen-bond donors (Lipinski definition) is 0. The smallest absolute Gasteiger partial charge is 0.161 e. The average Bonchev–Trinajstić information content (AvgIpc) is 2.79. The molecule has 0 radical (unpaired) electrons. The summed E-state index contributed by atoms with van der Waals surface area (Å²) in [5, 5.41) is 0. The van der Waals surface area contributed by atoms with E-state index in [-0.39, 0.29) is 11.9 Å². The first-order valence-corrected chi connectivity index (χ1v) is 10.5. The molecule has 0 saturated carbocycles. The van der Waals surface area contributed by atoms with Gasteiger partial charge in [-0.1, -0.05) is 30.3 Å². The molecule has 4 nitrogen and oxygen atoms in total. The van der Waals surface area contributed by atoms with Gasteiger partial charge in [0.05, 0.1) is 14.2 Å². The van der Waals surface area contributed by atoms with Crippen LogP contribution in [0.25, 0.3) is 0 Å². The van der Waals surface area contributed by atoms with Crippen LogP contribution in [0.2, 0.25) is 0 Å². The van der Waals surface area contributed by atoms with Crippen molar-refractivity contribution < 1.29 is 18.6 Å². The highest BCUT2D eigenvalue weighted by Gasteiger charge is 2.26. The number of fused-ring (bicyclic) bond motifs is 1. The minimum Gasteiger partial charge on any atom is -0.497 e. The van der Waals surface area contributed by atoms with Crippen LogP contribution >= 0.6 is 0 Å². The zero-order chi connectivity index (χ0) is 21.8. The van der Waals surface area contributed by atoms with Crippen molar-refractivity contribution >= 4 is 0 Å². The normalized spacial score (nSPS) is 15.9. The van der Waals surface area contributed by atoms with Crippen molar-refractivity contribution in [3.8, 4) is 17.2 Å². The molecule has 1 heterocycles. The third-order valence-electron chi connectivity index (χ3n) is 5.86. The van der Waals surface area contributed by atoms with Crippen molar-refractivity contribution in [1.82, 2.24) is 4.90 Å². The van der Waals surface area contributed by atoms with E-state index in [1.807, 2.05) is 30.3 Å². The molecule has 0 bridgehead atoms. The number of nitrogens with zero attached hydrogens (tertiary/aromatic N) is 1. The molecule has 0 N–H and O–H groups in total. The third-order valence-corrected chi connectivity index (χ3v) is 5.86. The van der Waals surface area contributed by atoms with E-state index in [0.29, 0.717) is 24.5 Å². The molecule has 0 fully saturated rings. The first-order chi connectivity index (χ1) is 15.1. The fourth-order valence-corrected chi connectivity index (χ4v) is 4.04. The van der Waals surface area contributed by atoms with Gasteiger partial charge in [0.15, 0.2) is 11.5 Å². The Hall–Kier alpha value is -3.05. The molecule has 0 saturated heterocycles. The fraction of sp³-hybridized carbons (Fsp3) is 0.308. The Labute approximate surface area is 183 Å². The summed E-state index contributed by atoms with van der Waals surface area (Å²) in [4.78, 5) is 2.28. The molecule has 0 spiro atoms. The van der Waals surface area contributed by atoms with Gasteiger partial charge in [0, 0.05) is 24.7 Å². The molecule has 1 unspecified atom stereocenters. The van der Waals surface area contributed by atoms with E-state index in [1.165, 1.54) is 17.2 Å². The maximum absolute atomic E-state index is 14.4. The highest BCUT2D eigenvalue weighted by molar-refractivity contribution is 5.48. The summed E-state index contributed by atoms with van der Waals surface area (Å²) in [6, 6.07) is 19.4. The van der Waals surface area contributed by atoms with Crippen LogP contribution < -0.4 is 14.2 Å². The number of ether oxygens (including phenoxy) is 3. The number of halogens is 1. The van der Waals surface area contributed by atoms with Crippen LogP contribution in [0.5, 0.6) is 17.2 Å². The molecule has 0 aliphatic carbocycles. The molecule has 1 aliphatic heterocycles. The zero-order valence-electron chi connectivity index (χ0n) is 18.2. The van der Waals surface area contributed by atoms with Gasteiger partial charge < -0.3 is 14.2 Å². The monoisotopic (exact) mass is 421 g/mol. The van der Waals surface area contributed by atoms with Crippen molar-refractivity contribution in [3.63, 3.8) is 0 Å². The maximum Gasteiger partial charge on any atom is 0.161 e. The second-order valence-corrected chi connectivity index (χ2v) is 7.96. The number of benzene rings is 3. The van der Waals surface area contributed by atoms with Crippen LogP contribution in [0.15, 0.2) is 60.7 Å². The first kappa shape index (κ1) is 21.2. The molecule has 31 heavy (non-hydrogen) atoms. The Morgan fingerprint density at radius 1 is 0.935 bits per heavy atom. The number of rotatable bonds is 7. The van der Waals surface area contributed by atoms with E-state index < -0.39 is 0 Å². The summed E-state index contributed by atoms with van der Waals surface area (Å²) < 4.78 is 31.3. The van der Waals surface area contributed by atoms with Gasteiger partial charge in [0.2, 0.25) is 0 Å². The lowest BCUT2D eigenvalue weighted by molar-refractivity contribution is 0.172. The van der Waals surface area contributed by atoms with Crippen LogP contribution in [-0.4, -0.2) is 25.2 Å². The highest BCUT2D eigenvalue weighted by Crippen LogP contribution is 2.36. The van der Waals surface area contributed by atoms with Crippen molar-refractivity contribution in [2.45, 2.75) is 39.1 Å². The van der Waals surface area contributed by atoms with Gasteiger partial charge in [0.25, 0.3) is 0 Å². The van der Waals surface area contributed by atoms with E-state index in [4.69, 9.17) is 14.2 Å². The SMILES string of the molecule is COc1ccc(F)c(CN2Cc3cc(OC)c(OCc4ccccc4)cc3CC2C)c1. The minimum absolute atomic E-state index is 0.207. The van der Waals surface area contributed by atoms with Gasteiger partial charge in [-0.15, -0.1) is 0 Å². The summed E-state index contributed by atoms with van der Waals surface area (Å²) in [5.74, 6) is 1.94. The van der Waals surface area contributed by atoms with E-state index >= 15 is 0 Å². The largest absolute Gasteiger partial charge is 0.497 e. The predicted octanol–water partition coefficient (Wildman–Crippen LogP) is 5.37. The summed E-state index contributed by atoms with van der Waals surface area (Å²) in [6.07, 6.45) is 0.868. The molecule has 3 aromatic rings. The average molecular weight is 422 g/mol. The molecule has 0 amide bonds. The van der Waals surface area contributed by atoms with Crippen molar-refractivity contribution in [2.75, 3.05) is 14.2 Å². The number of methoxy groups -OCH3 is 2. The van der Waals surface area contributed by atoms with Crippen LogP contribution in [0.1, 0.15) is 29.2 Å². The molecule has 162 valence electrons. The second kappa shape index (κ2) is 9.40. The summed E-state index contributed by atoms with van der Waals surface area (Å²) >= 11 is 0. The van der Waals surface area contributed by atoms with Crippen molar-refractivity contribution in [1.29, 1.82) is 0 Å². The third kappa shape index (κ3) is 4.83. The van der Waals surface area contributed by atoms with E-state index in [0.717, 1.165) is 30.0 Å². The minimum atomic E-state index is -0.207. The Kier molecular flexibility index (Phi) is 6.42. The molecule has 0 aromatic heterocycles. The number of hydrogen-bond acceptors (Lipinski definition) is 4. The Bertz CT molecular complexity index is 1040. The summed E-state index contributed by atoms with van der Waals surface area (Å²) in [5.41, 5.74) is 4.19. The molecule has 5 heteroatoms. The second-order valence-electron chi connectivity index (χ2n) is 7.96. The van der Waals surface area contributed by atoms with E-state index in [9.17, 15) is 4.39 Å². The quantitative estimate of drug-likeness (QED) is 0.513. The van der Waals surface area contributed by atoms with Crippen LogP contribution in [-0.2, 0) is 26.1 Å². The van der Waals surface area contributed by atoms with Gasteiger partial charge in [-0.3, -0.25) is 4.90 Å². The van der Waals surface area contributed by atoms with E-state index in [1.54, 1.807) is 26.4 Å². The predicted molar refractivity (Wildman–Crippen MR) is 119 cm³/mol. The molecule has 1 aliphatic rings. The first-order valence-electron chi connectivity index (χ1n) is 10.5. The lowest BCUT2D eigenvalue weighted by Crippen LogP contribution is -2.38. The van der Waals surface area contributed by atoms with Gasteiger partial charge in [0.1, 0.15) is 18.2 Å². The van der Waals surface area contributed by atoms with Gasteiger partial charge in [-0.25, -0.2) is 4.39 Å². The standard InChI is InChI=1S/C26H28FNO3/c1-18-11-20-13-26(31-17-19-7-5-4-6-8-19)25(30-3)14-21(20)15-28(18)16-22-12-23(29-2)9-10-24(22)27/h4-10,12-14,18H,11,15-17H2,1-3H3.